The largest absolute Gasteiger partial charge is 0.392 e. The molecule has 104 valence electrons. The Balaban J connectivity index is 1.98. The zero-order valence-electron chi connectivity index (χ0n) is 9.76. The van der Waals surface area contributed by atoms with Crippen molar-refractivity contribution in [2.24, 2.45) is 0 Å². The van der Waals surface area contributed by atoms with E-state index in [0.717, 1.165) is 8.66 Å². The molecular formula is C10H12BrN3O3S2. The number of hydrogen-bond acceptors (Lipinski definition) is 5. The molecule has 0 aliphatic rings. The first-order valence-electron chi connectivity index (χ1n) is 5.40. The molecule has 0 saturated carbocycles. The van der Waals surface area contributed by atoms with Crippen LogP contribution in [0.2, 0.25) is 0 Å². The van der Waals surface area contributed by atoms with Crippen LogP contribution < -0.4 is 4.72 Å². The molecule has 0 atom stereocenters. The van der Waals surface area contributed by atoms with Gasteiger partial charge in [-0.05, 0) is 34.5 Å². The molecule has 0 bridgehead atoms. The highest BCUT2D eigenvalue weighted by molar-refractivity contribution is 9.11. The molecule has 0 amide bonds. The third-order valence-corrected chi connectivity index (χ3v) is 5.57. The van der Waals surface area contributed by atoms with Crippen molar-refractivity contribution in [3.05, 3.63) is 32.6 Å². The average Bonchev–Trinajstić information content (AvgIpc) is 2.97. The van der Waals surface area contributed by atoms with Gasteiger partial charge in [0.05, 0.1) is 16.6 Å². The summed E-state index contributed by atoms with van der Waals surface area (Å²) < 4.78 is 27.4. The fraction of sp³-hybridized carbons (Fsp3) is 0.300. The number of thiophene rings is 1. The highest BCUT2D eigenvalue weighted by Crippen LogP contribution is 2.22. The summed E-state index contributed by atoms with van der Waals surface area (Å²) in [5.41, 5.74) is 0.256. The summed E-state index contributed by atoms with van der Waals surface area (Å²) in [6.07, 6.45) is 1.91. The SMILES string of the molecule is O=S(=O)(NCCc1ccc(Br)s1)c1[nH]ncc1CO. The van der Waals surface area contributed by atoms with Gasteiger partial charge in [0.15, 0.2) is 5.03 Å². The van der Waals surface area contributed by atoms with Crippen LogP contribution in [0, 0.1) is 0 Å². The van der Waals surface area contributed by atoms with Gasteiger partial charge in [0.2, 0.25) is 0 Å². The van der Waals surface area contributed by atoms with Crippen molar-refractivity contribution in [2.45, 2.75) is 18.1 Å². The van der Waals surface area contributed by atoms with Gasteiger partial charge in [-0.2, -0.15) is 5.10 Å². The molecule has 2 aromatic rings. The Morgan fingerprint density at radius 3 is 2.89 bits per heavy atom. The monoisotopic (exact) mass is 365 g/mol. The predicted molar refractivity (Wildman–Crippen MR) is 75.4 cm³/mol. The smallest absolute Gasteiger partial charge is 0.257 e. The lowest BCUT2D eigenvalue weighted by atomic mass is 10.3. The third kappa shape index (κ3) is 3.63. The quantitative estimate of drug-likeness (QED) is 0.717. The maximum atomic E-state index is 12.0. The van der Waals surface area contributed by atoms with Crippen LogP contribution in [0.15, 0.2) is 27.1 Å². The van der Waals surface area contributed by atoms with Crippen LogP contribution in [-0.2, 0) is 23.1 Å². The molecule has 0 spiro atoms. The molecule has 3 N–H and O–H groups in total. The predicted octanol–water partition coefficient (Wildman–Crippen LogP) is 1.25. The number of hydrogen-bond donors (Lipinski definition) is 3. The van der Waals surface area contributed by atoms with Crippen molar-refractivity contribution in [3.8, 4) is 0 Å². The summed E-state index contributed by atoms with van der Waals surface area (Å²) in [4.78, 5) is 1.08. The van der Waals surface area contributed by atoms with E-state index in [9.17, 15) is 8.42 Å². The second kappa shape index (κ2) is 6.14. The van der Waals surface area contributed by atoms with Crippen LogP contribution in [0.5, 0.6) is 0 Å². The molecular weight excluding hydrogens is 354 g/mol. The fourth-order valence-electron chi connectivity index (χ4n) is 1.51. The van der Waals surface area contributed by atoms with E-state index in [1.807, 2.05) is 12.1 Å². The Kier molecular flexibility index (Phi) is 4.74. The van der Waals surface area contributed by atoms with E-state index in [1.54, 1.807) is 11.3 Å². The number of aromatic amines is 1. The van der Waals surface area contributed by atoms with E-state index in [0.29, 0.717) is 13.0 Å². The van der Waals surface area contributed by atoms with Gasteiger partial charge in [-0.15, -0.1) is 11.3 Å². The van der Waals surface area contributed by atoms with Gasteiger partial charge in [0, 0.05) is 17.0 Å². The first kappa shape index (κ1) is 14.7. The molecule has 0 aliphatic heterocycles. The molecule has 0 aromatic carbocycles. The van der Waals surface area contributed by atoms with E-state index in [1.165, 1.54) is 6.20 Å². The number of aromatic nitrogens is 2. The van der Waals surface area contributed by atoms with E-state index in [4.69, 9.17) is 5.11 Å². The van der Waals surface area contributed by atoms with Crippen molar-refractivity contribution >= 4 is 37.3 Å². The Morgan fingerprint density at radius 1 is 1.47 bits per heavy atom. The minimum absolute atomic E-state index is 0.0811. The molecule has 0 saturated heterocycles. The lowest BCUT2D eigenvalue weighted by Gasteiger charge is -2.05. The van der Waals surface area contributed by atoms with Crippen LogP contribution in [-0.4, -0.2) is 30.3 Å². The van der Waals surface area contributed by atoms with Crippen molar-refractivity contribution in [1.29, 1.82) is 0 Å². The summed E-state index contributed by atoms with van der Waals surface area (Å²) in [6, 6.07) is 3.87. The van der Waals surface area contributed by atoms with Crippen LogP contribution in [0.3, 0.4) is 0 Å². The number of aliphatic hydroxyl groups excluding tert-OH is 1. The Labute approximate surface area is 123 Å². The summed E-state index contributed by atoms with van der Waals surface area (Å²) in [7, 11) is -3.66. The molecule has 2 heterocycles. The van der Waals surface area contributed by atoms with Crippen LogP contribution in [0.25, 0.3) is 0 Å². The van der Waals surface area contributed by atoms with Crippen molar-refractivity contribution < 1.29 is 13.5 Å². The molecule has 0 aliphatic carbocycles. The van der Waals surface area contributed by atoms with Gasteiger partial charge in [0.25, 0.3) is 10.0 Å². The Hall–Kier alpha value is -0.740. The lowest BCUT2D eigenvalue weighted by molar-refractivity contribution is 0.278. The number of sulfonamides is 1. The molecule has 0 radical (unpaired) electrons. The number of nitrogens with zero attached hydrogens (tertiary/aromatic N) is 1. The summed E-state index contributed by atoms with van der Waals surface area (Å²) in [5, 5.41) is 14.9. The van der Waals surface area contributed by atoms with Gasteiger partial charge >= 0.3 is 0 Å². The van der Waals surface area contributed by atoms with Crippen LogP contribution in [0.4, 0.5) is 0 Å². The summed E-state index contributed by atoms with van der Waals surface area (Å²) in [6.45, 7) is -0.0796. The van der Waals surface area contributed by atoms with Gasteiger partial charge < -0.3 is 5.11 Å². The van der Waals surface area contributed by atoms with Crippen molar-refractivity contribution in [2.75, 3.05) is 6.54 Å². The first-order valence-corrected chi connectivity index (χ1v) is 8.49. The van der Waals surface area contributed by atoms with E-state index in [2.05, 4.69) is 30.8 Å². The topological polar surface area (TPSA) is 95.1 Å². The van der Waals surface area contributed by atoms with Gasteiger partial charge in [-0.25, -0.2) is 13.1 Å². The van der Waals surface area contributed by atoms with E-state index < -0.39 is 10.0 Å². The number of nitrogens with one attached hydrogen (secondary N) is 2. The van der Waals surface area contributed by atoms with E-state index >= 15 is 0 Å². The van der Waals surface area contributed by atoms with Gasteiger partial charge in [-0.1, -0.05) is 0 Å². The number of halogens is 1. The van der Waals surface area contributed by atoms with Gasteiger partial charge in [-0.3, -0.25) is 5.10 Å². The zero-order valence-corrected chi connectivity index (χ0v) is 13.0. The Bertz CT molecular complexity index is 651. The second-order valence-electron chi connectivity index (χ2n) is 3.74. The normalized spacial score (nSPS) is 11.9. The van der Waals surface area contributed by atoms with Crippen LogP contribution in [0.1, 0.15) is 10.4 Å². The Morgan fingerprint density at radius 2 is 2.26 bits per heavy atom. The highest BCUT2D eigenvalue weighted by atomic mass is 79.9. The third-order valence-electron chi connectivity index (χ3n) is 2.41. The highest BCUT2D eigenvalue weighted by Gasteiger charge is 2.19. The minimum atomic E-state index is -3.66. The molecule has 2 rings (SSSR count). The maximum absolute atomic E-state index is 12.0. The molecule has 9 heteroatoms. The van der Waals surface area contributed by atoms with Gasteiger partial charge in [0.1, 0.15) is 0 Å². The molecule has 0 fully saturated rings. The van der Waals surface area contributed by atoms with Crippen molar-refractivity contribution in [1.82, 2.24) is 14.9 Å². The minimum Gasteiger partial charge on any atom is -0.392 e. The average molecular weight is 366 g/mol. The number of aliphatic hydroxyl groups is 1. The first-order chi connectivity index (χ1) is 9.03. The number of H-pyrrole nitrogens is 1. The zero-order chi connectivity index (χ0) is 13.9. The lowest BCUT2D eigenvalue weighted by Crippen LogP contribution is -2.27. The van der Waals surface area contributed by atoms with Crippen molar-refractivity contribution in [3.63, 3.8) is 0 Å². The standard InChI is InChI=1S/C10H12BrN3O3S2/c11-9-2-1-8(18-9)3-4-13-19(16,17)10-7(6-15)5-12-14-10/h1-2,5,13,15H,3-4,6H2,(H,12,14). The van der Waals surface area contributed by atoms with E-state index in [-0.39, 0.29) is 17.2 Å². The molecule has 19 heavy (non-hydrogen) atoms. The molecule has 2 aromatic heterocycles. The second-order valence-corrected chi connectivity index (χ2v) is 7.99. The summed E-state index contributed by atoms with van der Waals surface area (Å²) in [5.74, 6) is 0. The number of rotatable bonds is 6. The molecule has 0 unspecified atom stereocenters. The molecule has 6 nitrogen and oxygen atoms in total. The maximum Gasteiger partial charge on any atom is 0.257 e. The summed E-state index contributed by atoms with van der Waals surface area (Å²) >= 11 is 4.92. The van der Waals surface area contributed by atoms with Crippen LogP contribution >= 0.6 is 27.3 Å². The fourth-order valence-corrected chi connectivity index (χ4v) is 4.14.